The van der Waals surface area contributed by atoms with Gasteiger partial charge in [-0.2, -0.15) is 17.0 Å². The van der Waals surface area contributed by atoms with Crippen LogP contribution >= 0.6 is 23.5 Å². The summed E-state index contributed by atoms with van der Waals surface area (Å²) in [6.45, 7) is 2.19. The van der Waals surface area contributed by atoms with E-state index in [0.717, 1.165) is 17.3 Å². The van der Waals surface area contributed by atoms with Crippen LogP contribution in [-0.2, 0) is 0 Å². The van der Waals surface area contributed by atoms with Gasteiger partial charge in [-0.15, -0.1) is 0 Å². The molecule has 0 saturated heterocycles. The lowest BCUT2D eigenvalue weighted by Gasteiger charge is -2.15. The quantitative estimate of drug-likeness (QED) is 0.358. The molecular weight excluding hydrogens is 226 g/mol. The minimum atomic E-state index is 0.401. The van der Waals surface area contributed by atoms with Gasteiger partial charge >= 0.3 is 0 Å². The highest BCUT2D eigenvalue weighted by Gasteiger charge is 2.26. The summed E-state index contributed by atoms with van der Waals surface area (Å²) in [4.78, 5) is 4.61. The van der Waals surface area contributed by atoms with E-state index in [-0.39, 0.29) is 0 Å². The number of aliphatic imine (C=N–C) groups is 1. The second-order valence-corrected chi connectivity index (χ2v) is 5.68. The van der Waals surface area contributed by atoms with Crippen molar-refractivity contribution in [2.75, 3.05) is 12.0 Å². The molecule has 2 atom stereocenters. The number of thioether (sulfide) groups is 2. The van der Waals surface area contributed by atoms with Gasteiger partial charge in [0.05, 0.1) is 6.04 Å². The fourth-order valence-electron chi connectivity index (χ4n) is 1.80. The zero-order valence-electron chi connectivity index (χ0n) is 9.19. The van der Waals surface area contributed by atoms with Crippen molar-refractivity contribution in [2.45, 2.75) is 37.5 Å². The number of nitrogens with zero attached hydrogens (tertiary/aromatic N) is 2. The summed E-state index contributed by atoms with van der Waals surface area (Å²) in [6, 6.07) is 0.401. The van der Waals surface area contributed by atoms with E-state index in [4.69, 9.17) is 5.26 Å². The van der Waals surface area contributed by atoms with Crippen LogP contribution in [0.25, 0.3) is 0 Å². The summed E-state index contributed by atoms with van der Waals surface area (Å²) in [7, 11) is 0. The molecule has 0 radical (unpaired) electrons. The third kappa shape index (κ3) is 3.96. The number of rotatable bonds is 3. The standard InChI is InChI=1S/C10H17N3S2/c1-3-15-9-6-4-5-8(9)13-10(14-2)12-7-11/h8-9H,3-6H2,1-2H3,(H,12,13). The highest BCUT2D eigenvalue weighted by atomic mass is 32.2. The van der Waals surface area contributed by atoms with Crippen LogP contribution in [-0.4, -0.2) is 28.5 Å². The van der Waals surface area contributed by atoms with E-state index < -0.39 is 0 Å². The van der Waals surface area contributed by atoms with Crippen LogP contribution in [0, 0.1) is 11.5 Å². The Morgan fingerprint density at radius 2 is 2.40 bits per heavy atom. The minimum absolute atomic E-state index is 0.401. The molecule has 1 aliphatic rings. The zero-order valence-corrected chi connectivity index (χ0v) is 10.8. The highest BCUT2D eigenvalue weighted by molar-refractivity contribution is 8.13. The van der Waals surface area contributed by atoms with E-state index in [1.165, 1.54) is 24.6 Å². The van der Waals surface area contributed by atoms with Crippen molar-refractivity contribution in [3.63, 3.8) is 0 Å². The molecule has 84 valence electrons. The lowest BCUT2D eigenvalue weighted by Crippen LogP contribution is -2.21. The molecule has 0 aromatic carbocycles. The van der Waals surface area contributed by atoms with Crippen LogP contribution < -0.4 is 5.32 Å². The predicted molar refractivity (Wildman–Crippen MR) is 69.3 cm³/mol. The van der Waals surface area contributed by atoms with E-state index >= 15 is 0 Å². The third-order valence-electron chi connectivity index (χ3n) is 2.44. The Morgan fingerprint density at radius 3 is 3.00 bits per heavy atom. The highest BCUT2D eigenvalue weighted by Crippen LogP contribution is 2.32. The summed E-state index contributed by atoms with van der Waals surface area (Å²) in [5, 5.41) is 12.6. The number of amidine groups is 1. The first-order valence-corrected chi connectivity index (χ1v) is 7.47. The molecule has 15 heavy (non-hydrogen) atoms. The Hall–Kier alpha value is -0.340. The lowest BCUT2D eigenvalue weighted by atomic mass is 10.3. The van der Waals surface area contributed by atoms with E-state index in [2.05, 4.69) is 17.2 Å². The van der Waals surface area contributed by atoms with Crippen LogP contribution in [0.15, 0.2) is 4.99 Å². The van der Waals surface area contributed by atoms with Crippen molar-refractivity contribution >= 4 is 28.7 Å². The van der Waals surface area contributed by atoms with E-state index in [0.29, 0.717) is 11.3 Å². The normalized spacial score (nSPS) is 26.3. The Bertz CT molecular complexity index is 260. The summed E-state index contributed by atoms with van der Waals surface area (Å²) in [5.41, 5.74) is 0. The first kappa shape index (κ1) is 12.7. The SMILES string of the molecule is CCSC1CCCC1N=C(NC#N)SC. The molecule has 1 rings (SSSR count). The van der Waals surface area contributed by atoms with Crippen molar-refractivity contribution in [1.82, 2.24) is 5.32 Å². The second-order valence-electron chi connectivity index (χ2n) is 3.37. The van der Waals surface area contributed by atoms with Crippen LogP contribution in [0.2, 0.25) is 0 Å². The monoisotopic (exact) mass is 243 g/mol. The van der Waals surface area contributed by atoms with Crippen molar-refractivity contribution in [2.24, 2.45) is 4.99 Å². The molecule has 0 bridgehead atoms. The first-order chi connectivity index (χ1) is 7.31. The smallest absolute Gasteiger partial charge is 0.183 e. The van der Waals surface area contributed by atoms with Gasteiger partial charge < -0.3 is 0 Å². The maximum Gasteiger partial charge on any atom is 0.183 e. The van der Waals surface area contributed by atoms with Crippen molar-refractivity contribution < 1.29 is 0 Å². The fraction of sp³-hybridized carbons (Fsp3) is 0.800. The van der Waals surface area contributed by atoms with Gasteiger partial charge in [-0.25, -0.2) is 0 Å². The maximum atomic E-state index is 8.55. The molecule has 0 amide bonds. The van der Waals surface area contributed by atoms with Crippen LogP contribution in [0.3, 0.4) is 0 Å². The van der Waals surface area contributed by atoms with E-state index in [9.17, 15) is 0 Å². The molecule has 1 aliphatic carbocycles. The van der Waals surface area contributed by atoms with Crippen molar-refractivity contribution in [1.29, 1.82) is 5.26 Å². The second kappa shape index (κ2) is 7.02. The predicted octanol–water partition coefficient (Wildman–Crippen LogP) is 2.45. The van der Waals surface area contributed by atoms with Gasteiger partial charge in [-0.05, 0) is 24.9 Å². The average molecular weight is 243 g/mol. The van der Waals surface area contributed by atoms with Gasteiger partial charge in [0.2, 0.25) is 0 Å². The fourth-order valence-corrected chi connectivity index (χ4v) is 3.37. The van der Waals surface area contributed by atoms with Gasteiger partial charge in [0.25, 0.3) is 0 Å². The summed E-state index contributed by atoms with van der Waals surface area (Å²) >= 11 is 3.50. The molecule has 1 N–H and O–H groups in total. The Labute approximate surface area is 100 Å². The lowest BCUT2D eigenvalue weighted by molar-refractivity contribution is 0.718. The molecule has 1 saturated carbocycles. The summed E-state index contributed by atoms with van der Waals surface area (Å²) < 4.78 is 0. The van der Waals surface area contributed by atoms with Crippen molar-refractivity contribution in [3.8, 4) is 6.19 Å². The molecule has 0 aliphatic heterocycles. The Balaban J connectivity index is 2.57. The molecule has 0 aromatic rings. The third-order valence-corrected chi connectivity index (χ3v) is 4.34. The van der Waals surface area contributed by atoms with Gasteiger partial charge in [0.15, 0.2) is 11.4 Å². The molecule has 5 heteroatoms. The van der Waals surface area contributed by atoms with Crippen LogP contribution in [0.1, 0.15) is 26.2 Å². The van der Waals surface area contributed by atoms with Crippen LogP contribution in [0.5, 0.6) is 0 Å². The Kier molecular flexibility index (Phi) is 5.96. The Morgan fingerprint density at radius 1 is 1.60 bits per heavy atom. The van der Waals surface area contributed by atoms with Gasteiger partial charge in [0.1, 0.15) is 0 Å². The topological polar surface area (TPSA) is 48.2 Å². The molecular formula is C10H17N3S2. The maximum absolute atomic E-state index is 8.55. The molecule has 0 heterocycles. The van der Waals surface area contributed by atoms with Gasteiger partial charge in [-0.3, -0.25) is 10.3 Å². The first-order valence-electron chi connectivity index (χ1n) is 5.20. The van der Waals surface area contributed by atoms with E-state index in [1.54, 1.807) is 0 Å². The number of nitriles is 1. The number of hydrogen-bond acceptors (Lipinski definition) is 4. The van der Waals surface area contributed by atoms with Crippen molar-refractivity contribution in [3.05, 3.63) is 0 Å². The zero-order chi connectivity index (χ0) is 11.1. The van der Waals surface area contributed by atoms with E-state index in [1.807, 2.05) is 24.2 Å². The number of hydrogen-bond donors (Lipinski definition) is 1. The number of nitrogens with one attached hydrogen (secondary N) is 1. The summed E-state index contributed by atoms with van der Waals surface area (Å²) in [5.74, 6) is 1.15. The van der Waals surface area contributed by atoms with Gasteiger partial charge in [-0.1, -0.05) is 25.1 Å². The minimum Gasteiger partial charge on any atom is -0.272 e. The largest absolute Gasteiger partial charge is 0.272 e. The molecule has 0 spiro atoms. The molecule has 2 unspecified atom stereocenters. The van der Waals surface area contributed by atoms with Crippen LogP contribution in [0.4, 0.5) is 0 Å². The average Bonchev–Trinajstić information content (AvgIpc) is 2.66. The molecule has 1 fully saturated rings. The van der Waals surface area contributed by atoms with Gasteiger partial charge in [0, 0.05) is 5.25 Å². The summed E-state index contributed by atoms with van der Waals surface area (Å²) in [6.07, 6.45) is 7.57. The molecule has 3 nitrogen and oxygen atoms in total. The molecule has 0 aromatic heterocycles.